The molecule has 1 rings (SSSR count). The molecule has 1 saturated carbocycles. The molecule has 0 amide bonds. The van der Waals surface area contributed by atoms with Gasteiger partial charge in [0.15, 0.2) is 0 Å². The van der Waals surface area contributed by atoms with E-state index >= 15 is 0 Å². The molecule has 0 saturated heterocycles. The lowest BCUT2D eigenvalue weighted by molar-refractivity contribution is -0.124. The number of carbonyl (C=O) groups excluding carboxylic acids is 1. The lowest BCUT2D eigenvalue weighted by Crippen LogP contribution is -2.19. The molecule has 13 heavy (non-hydrogen) atoms. The fraction of sp³-hybridized carbons (Fsp3) is 0.909. The van der Waals surface area contributed by atoms with E-state index in [2.05, 4.69) is 20.8 Å². The number of Topliss-reactive ketones (excluding diaryl/α,β-unsaturated/α-hetero) is 1. The number of rotatable bonds is 2. The topological polar surface area (TPSA) is 37.3 Å². The van der Waals surface area contributed by atoms with Crippen LogP contribution >= 0.6 is 0 Å². The Labute approximate surface area is 80.3 Å². The Hall–Kier alpha value is -0.370. The van der Waals surface area contributed by atoms with Crippen LogP contribution in [0.5, 0.6) is 0 Å². The van der Waals surface area contributed by atoms with Gasteiger partial charge in [0.05, 0.1) is 6.10 Å². The van der Waals surface area contributed by atoms with Gasteiger partial charge in [0, 0.05) is 12.3 Å². The molecule has 0 aliphatic heterocycles. The number of aliphatic hydroxyl groups is 1. The SMILES string of the molecule is CC(C)(C)CC(=O)[C@@H]1CC[C@H](O)C1. The van der Waals surface area contributed by atoms with Crippen molar-refractivity contribution >= 4 is 5.78 Å². The zero-order valence-electron chi connectivity index (χ0n) is 8.84. The Morgan fingerprint density at radius 1 is 1.38 bits per heavy atom. The molecule has 0 unspecified atom stereocenters. The summed E-state index contributed by atoms with van der Waals surface area (Å²) >= 11 is 0. The molecule has 1 fully saturated rings. The zero-order valence-corrected chi connectivity index (χ0v) is 8.84. The third-order valence-corrected chi connectivity index (χ3v) is 2.56. The van der Waals surface area contributed by atoms with Crippen LogP contribution in [0.1, 0.15) is 46.5 Å². The summed E-state index contributed by atoms with van der Waals surface area (Å²) in [6.45, 7) is 6.24. The Morgan fingerprint density at radius 2 is 2.00 bits per heavy atom. The lowest BCUT2D eigenvalue weighted by atomic mass is 9.85. The van der Waals surface area contributed by atoms with Crippen LogP contribution in [0, 0.1) is 11.3 Å². The van der Waals surface area contributed by atoms with Crippen molar-refractivity contribution in [3.63, 3.8) is 0 Å². The van der Waals surface area contributed by atoms with Gasteiger partial charge in [-0.15, -0.1) is 0 Å². The summed E-state index contributed by atoms with van der Waals surface area (Å²) in [5.74, 6) is 0.471. The number of hydrogen-bond acceptors (Lipinski definition) is 2. The molecule has 2 heteroatoms. The van der Waals surface area contributed by atoms with Crippen LogP contribution in [0.15, 0.2) is 0 Å². The highest BCUT2D eigenvalue weighted by molar-refractivity contribution is 5.81. The summed E-state index contributed by atoms with van der Waals surface area (Å²) in [5, 5.41) is 9.29. The van der Waals surface area contributed by atoms with Crippen molar-refractivity contribution in [2.45, 2.75) is 52.6 Å². The normalized spacial score (nSPS) is 29.2. The molecule has 0 aromatic carbocycles. The maximum atomic E-state index is 11.7. The fourth-order valence-corrected chi connectivity index (χ4v) is 1.92. The van der Waals surface area contributed by atoms with Crippen LogP contribution in [0.25, 0.3) is 0 Å². The average molecular weight is 184 g/mol. The Bertz CT molecular complexity index is 191. The lowest BCUT2D eigenvalue weighted by Gasteiger charge is -2.19. The van der Waals surface area contributed by atoms with Crippen molar-refractivity contribution in [3.8, 4) is 0 Å². The molecule has 0 radical (unpaired) electrons. The molecule has 2 atom stereocenters. The van der Waals surface area contributed by atoms with Gasteiger partial charge in [-0.3, -0.25) is 4.79 Å². The molecule has 0 heterocycles. The maximum Gasteiger partial charge on any atom is 0.136 e. The van der Waals surface area contributed by atoms with E-state index < -0.39 is 0 Å². The first-order chi connectivity index (χ1) is 5.88. The highest BCUT2D eigenvalue weighted by atomic mass is 16.3. The predicted molar refractivity (Wildman–Crippen MR) is 52.4 cm³/mol. The molecule has 1 aliphatic rings. The van der Waals surface area contributed by atoms with E-state index in [1.807, 2.05) is 0 Å². The van der Waals surface area contributed by atoms with Crippen molar-refractivity contribution < 1.29 is 9.90 Å². The van der Waals surface area contributed by atoms with Gasteiger partial charge in [-0.2, -0.15) is 0 Å². The van der Waals surface area contributed by atoms with Crippen molar-refractivity contribution in [2.24, 2.45) is 11.3 Å². The molecule has 2 nitrogen and oxygen atoms in total. The van der Waals surface area contributed by atoms with Crippen LogP contribution in [-0.2, 0) is 4.79 Å². The van der Waals surface area contributed by atoms with E-state index in [9.17, 15) is 9.90 Å². The molecular weight excluding hydrogens is 164 g/mol. The van der Waals surface area contributed by atoms with Crippen molar-refractivity contribution in [1.29, 1.82) is 0 Å². The minimum Gasteiger partial charge on any atom is -0.393 e. The van der Waals surface area contributed by atoms with Crippen molar-refractivity contribution in [2.75, 3.05) is 0 Å². The van der Waals surface area contributed by atoms with E-state index in [0.717, 1.165) is 12.8 Å². The molecule has 0 bridgehead atoms. The first-order valence-corrected chi connectivity index (χ1v) is 5.09. The highest BCUT2D eigenvalue weighted by Gasteiger charge is 2.30. The summed E-state index contributed by atoms with van der Waals surface area (Å²) < 4.78 is 0. The monoisotopic (exact) mass is 184 g/mol. The second-order valence-corrected chi connectivity index (χ2v) is 5.37. The Kier molecular flexibility index (Phi) is 3.12. The largest absolute Gasteiger partial charge is 0.393 e. The molecule has 0 aromatic rings. The van der Waals surface area contributed by atoms with E-state index in [1.54, 1.807) is 0 Å². The summed E-state index contributed by atoms with van der Waals surface area (Å²) in [5.41, 5.74) is 0.0879. The van der Waals surface area contributed by atoms with Gasteiger partial charge in [-0.05, 0) is 24.7 Å². The van der Waals surface area contributed by atoms with Crippen molar-refractivity contribution in [3.05, 3.63) is 0 Å². The van der Waals surface area contributed by atoms with E-state index in [0.29, 0.717) is 18.6 Å². The van der Waals surface area contributed by atoms with Gasteiger partial charge in [-0.1, -0.05) is 20.8 Å². The number of ketones is 1. The predicted octanol–water partition coefficient (Wildman–Crippen LogP) is 2.15. The zero-order chi connectivity index (χ0) is 10.1. The summed E-state index contributed by atoms with van der Waals surface area (Å²) in [6.07, 6.45) is 2.80. The Balaban J connectivity index is 2.41. The second-order valence-electron chi connectivity index (χ2n) is 5.37. The minimum atomic E-state index is -0.228. The fourth-order valence-electron chi connectivity index (χ4n) is 1.92. The standard InChI is InChI=1S/C11H20O2/c1-11(2,3)7-10(13)8-4-5-9(12)6-8/h8-9,12H,4-7H2,1-3H3/t8-,9+/m1/s1. The third-order valence-electron chi connectivity index (χ3n) is 2.56. The first-order valence-electron chi connectivity index (χ1n) is 5.09. The van der Waals surface area contributed by atoms with Crippen LogP contribution in [0.4, 0.5) is 0 Å². The number of hydrogen-bond donors (Lipinski definition) is 1. The summed E-state index contributed by atoms with van der Waals surface area (Å²) in [4.78, 5) is 11.7. The maximum absolute atomic E-state index is 11.7. The third kappa shape index (κ3) is 3.47. The van der Waals surface area contributed by atoms with E-state index in [-0.39, 0.29) is 17.4 Å². The average Bonchev–Trinajstić information content (AvgIpc) is 2.31. The van der Waals surface area contributed by atoms with Gasteiger partial charge in [-0.25, -0.2) is 0 Å². The summed E-state index contributed by atoms with van der Waals surface area (Å²) in [6, 6.07) is 0. The Morgan fingerprint density at radius 3 is 2.38 bits per heavy atom. The van der Waals surface area contributed by atoms with Gasteiger partial charge in [0.25, 0.3) is 0 Å². The summed E-state index contributed by atoms with van der Waals surface area (Å²) in [7, 11) is 0. The van der Waals surface area contributed by atoms with Crippen LogP contribution in [0.3, 0.4) is 0 Å². The van der Waals surface area contributed by atoms with E-state index in [4.69, 9.17) is 0 Å². The number of carbonyl (C=O) groups is 1. The van der Waals surface area contributed by atoms with Gasteiger partial charge >= 0.3 is 0 Å². The van der Waals surface area contributed by atoms with Gasteiger partial charge in [0.2, 0.25) is 0 Å². The van der Waals surface area contributed by atoms with Gasteiger partial charge in [0.1, 0.15) is 5.78 Å². The molecule has 1 aliphatic carbocycles. The van der Waals surface area contributed by atoms with Crippen LogP contribution in [0.2, 0.25) is 0 Å². The molecule has 0 aromatic heterocycles. The highest BCUT2D eigenvalue weighted by Crippen LogP contribution is 2.30. The molecular formula is C11H20O2. The van der Waals surface area contributed by atoms with Gasteiger partial charge < -0.3 is 5.11 Å². The van der Waals surface area contributed by atoms with Crippen LogP contribution in [-0.4, -0.2) is 17.0 Å². The first kappa shape index (κ1) is 10.7. The molecule has 0 spiro atoms. The molecule has 76 valence electrons. The molecule has 1 N–H and O–H groups in total. The van der Waals surface area contributed by atoms with Crippen LogP contribution < -0.4 is 0 Å². The number of aliphatic hydroxyl groups excluding tert-OH is 1. The quantitative estimate of drug-likeness (QED) is 0.714. The second kappa shape index (κ2) is 3.79. The van der Waals surface area contributed by atoms with Crippen molar-refractivity contribution in [1.82, 2.24) is 0 Å². The van der Waals surface area contributed by atoms with E-state index in [1.165, 1.54) is 0 Å². The smallest absolute Gasteiger partial charge is 0.136 e. The minimum absolute atomic E-state index is 0.0879.